The van der Waals surface area contributed by atoms with Gasteiger partial charge >= 0.3 is 0 Å². The first-order chi connectivity index (χ1) is 16.7. The molecule has 3 aromatic rings. The molecule has 0 aliphatic carbocycles. The lowest BCUT2D eigenvalue weighted by Crippen LogP contribution is -2.48. The Hall–Kier alpha value is -3.81. The molecule has 0 aromatic heterocycles. The van der Waals surface area contributed by atoms with Crippen LogP contribution in [0.25, 0.3) is 5.57 Å². The summed E-state index contributed by atoms with van der Waals surface area (Å²) in [7, 11) is 0. The third-order valence-corrected chi connectivity index (χ3v) is 7.28. The lowest BCUT2D eigenvalue weighted by atomic mass is 9.83. The fourth-order valence-electron chi connectivity index (χ4n) is 5.86. The Morgan fingerprint density at radius 3 is 2.47 bits per heavy atom. The summed E-state index contributed by atoms with van der Waals surface area (Å²) >= 11 is 0. The maximum atomic E-state index is 14.0. The van der Waals surface area contributed by atoms with E-state index in [1.807, 2.05) is 41.3 Å². The van der Waals surface area contributed by atoms with E-state index in [1.165, 1.54) is 0 Å². The first kappa shape index (κ1) is 20.8. The Bertz CT molecular complexity index is 1310. The number of rotatable bonds is 5. The number of ether oxygens (including phenoxy) is 1. The van der Waals surface area contributed by atoms with E-state index < -0.39 is 5.60 Å². The summed E-state index contributed by atoms with van der Waals surface area (Å²) in [5, 5.41) is 0. The minimum absolute atomic E-state index is 0.0112. The topological polar surface area (TPSA) is 32.8 Å². The first-order valence-corrected chi connectivity index (χ1v) is 11.8. The maximum absolute atomic E-state index is 14.0. The molecule has 0 N–H and O–H groups in total. The van der Waals surface area contributed by atoms with E-state index >= 15 is 0 Å². The Labute approximate surface area is 200 Å². The lowest BCUT2D eigenvalue weighted by molar-refractivity contribution is -0.113. The fraction of sp³-hybridized carbons (Fsp3) is 0.233. The number of anilines is 2. The van der Waals surface area contributed by atoms with Gasteiger partial charge in [0.2, 0.25) is 0 Å². The third-order valence-electron chi connectivity index (χ3n) is 7.28. The molecule has 4 heteroatoms. The Balaban J connectivity index is 1.57. The number of amides is 1. The van der Waals surface area contributed by atoms with Crippen LogP contribution < -0.4 is 9.80 Å². The van der Waals surface area contributed by atoms with Crippen LogP contribution in [0.15, 0.2) is 84.9 Å². The number of hydrogen-bond donors (Lipinski definition) is 0. The molecule has 34 heavy (non-hydrogen) atoms. The number of hydrogen-bond acceptors (Lipinski definition) is 3. The molecular formula is C30H26N2O2. The molecule has 0 bridgehead atoms. The van der Waals surface area contributed by atoms with E-state index in [0.717, 1.165) is 47.5 Å². The molecule has 3 aliphatic rings. The minimum Gasteiger partial charge on any atom is -0.364 e. The van der Waals surface area contributed by atoms with Gasteiger partial charge in [-0.2, -0.15) is 0 Å². The van der Waals surface area contributed by atoms with Crippen molar-refractivity contribution in [3.63, 3.8) is 0 Å². The van der Waals surface area contributed by atoms with Gasteiger partial charge in [0.1, 0.15) is 12.2 Å². The number of carbonyl (C=O) groups is 1. The van der Waals surface area contributed by atoms with E-state index in [4.69, 9.17) is 11.2 Å². The number of benzene rings is 3. The zero-order valence-corrected chi connectivity index (χ0v) is 19.0. The van der Waals surface area contributed by atoms with E-state index in [1.54, 1.807) is 0 Å². The van der Waals surface area contributed by atoms with Crippen LogP contribution in [0, 0.1) is 12.3 Å². The van der Waals surface area contributed by atoms with Gasteiger partial charge < -0.3 is 14.5 Å². The van der Waals surface area contributed by atoms with Crippen molar-refractivity contribution in [2.24, 2.45) is 0 Å². The number of carbonyl (C=O) groups excluding carboxylic acids is 1. The van der Waals surface area contributed by atoms with Crippen LogP contribution in [-0.4, -0.2) is 25.1 Å². The van der Waals surface area contributed by atoms with Crippen molar-refractivity contribution in [3.8, 4) is 12.3 Å². The molecular weight excluding hydrogens is 420 g/mol. The van der Waals surface area contributed by atoms with Crippen LogP contribution in [-0.2, 0) is 21.7 Å². The predicted octanol–water partition coefficient (Wildman–Crippen LogP) is 5.14. The minimum atomic E-state index is -0.811. The normalized spacial score (nSPS) is 22.6. The van der Waals surface area contributed by atoms with Gasteiger partial charge in [0.15, 0.2) is 0 Å². The number of fused-ring (bicyclic) bond motifs is 2. The van der Waals surface area contributed by atoms with Crippen LogP contribution in [0.5, 0.6) is 0 Å². The molecule has 0 saturated carbocycles. The van der Waals surface area contributed by atoms with Crippen molar-refractivity contribution in [2.75, 3.05) is 23.0 Å². The second-order valence-corrected chi connectivity index (χ2v) is 9.11. The first-order valence-electron chi connectivity index (χ1n) is 11.8. The SMILES string of the molecule is C#CCO[C@]1(c2ccccc2)C=C2C(=O)N(Cc3ccccc3)c3cccc(c32)N2CCCC21. The van der Waals surface area contributed by atoms with Crippen molar-refractivity contribution in [1.82, 2.24) is 0 Å². The highest BCUT2D eigenvalue weighted by Crippen LogP contribution is 2.52. The second-order valence-electron chi connectivity index (χ2n) is 9.11. The molecule has 1 saturated heterocycles. The monoisotopic (exact) mass is 446 g/mol. The van der Waals surface area contributed by atoms with Crippen LogP contribution in [0.4, 0.5) is 11.4 Å². The highest BCUT2D eigenvalue weighted by molar-refractivity contribution is 6.34. The van der Waals surface area contributed by atoms with Crippen molar-refractivity contribution >= 4 is 22.9 Å². The molecule has 3 heterocycles. The molecule has 1 fully saturated rings. The van der Waals surface area contributed by atoms with Crippen molar-refractivity contribution in [1.29, 1.82) is 0 Å². The zero-order chi connectivity index (χ0) is 23.1. The van der Waals surface area contributed by atoms with Gasteiger partial charge in [-0.15, -0.1) is 6.42 Å². The zero-order valence-electron chi connectivity index (χ0n) is 19.0. The summed E-state index contributed by atoms with van der Waals surface area (Å²) in [5.41, 5.74) is 5.10. The highest BCUT2D eigenvalue weighted by Gasteiger charge is 2.51. The van der Waals surface area contributed by atoms with Gasteiger partial charge in [-0.05, 0) is 42.2 Å². The predicted molar refractivity (Wildman–Crippen MR) is 135 cm³/mol. The number of nitrogens with zero attached hydrogens (tertiary/aromatic N) is 2. The summed E-state index contributed by atoms with van der Waals surface area (Å²) in [4.78, 5) is 18.3. The van der Waals surface area contributed by atoms with E-state index in [-0.39, 0.29) is 18.6 Å². The van der Waals surface area contributed by atoms with Crippen LogP contribution >= 0.6 is 0 Å². The Kier molecular flexibility index (Phi) is 5.01. The molecule has 2 atom stereocenters. The van der Waals surface area contributed by atoms with Gasteiger partial charge in [0, 0.05) is 17.8 Å². The lowest BCUT2D eigenvalue weighted by Gasteiger charge is -2.41. The molecule has 1 unspecified atom stereocenters. The maximum Gasteiger partial charge on any atom is 0.259 e. The average Bonchev–Trinajstić information content (AvgIpc) is 3.44. The van der Waals surface area contributed by atoms with E-state index in [2.05, 4.69) is 59.4 Å². The fourth-order valence-corrected chi connectivity index (χ4v) is 5.86. The summed E-state index contributed by atoms with van der Waals surface area (Å²) < 4.78 is 6.56. The Morgan fingerprint density at radius 1 is 0.971 bits per heavy atom. The summed E-state index contributed by atoms with van der Waals surface area (Å²) in [6, 6.07) is 26.7. The van der Waals surface area contributed by atoms with Gasteiger partial charge in [-0.25, -0.2) is 0 Å². The largest absolute Gasteiger partial charge is 0.364 e. The van der Waals surface area contributed by atoms with Crippen molar-refractivity contribution < 1.29 is 9.53 Å². The van der Waals surface area contributed by atoms with Crippen LogP contribution in [0.2, 0.25) is 0 Å². The second kappa shape index (κ2) is 8.20. The van der Waals surface area contributed by atoms with Gasteiger partial charge in [0.05, 0.1) is 23.8 Å². The molecule has 3 aromatic carbocycles. The summed E-state index contributed by atoms with van der Waals surface area (Å²) in [6.45, 7) is 1.62. The van der Waals surface area contributed by atoms with Crippen molar-refractivity contribution in [2.45, 2.75) is 31.0 Å². The van der Waals surface area contributed by atoms with Gasteiger partial charge in [0.25, 0.3) is 5.91 Å². The molecule has 6 rings (SSSR count). The quantitative estimate of drug-likeness (QED) is 0.509. The van der Waals surface area contributed by atoms with Crippen LogP contribution in [0.3, 0.4) is 0 Å². The molecule has 3 aliphatic heterocycles. The molecule has 4 nitrogen and oxygen atoms in total. The molecule has 0 spiro atoms. The average molecular weight is 447 g/mol. The standard InChI is InChI=1S/C30H26N2O2/c1-2-19-34-30(23-13-7-4-8-14-23)20-24-28-25(31-18-10-17-27(30)31)15-9-16-26(28)32(29(24)33)21-22-11-5-3-6-12-22/h1,3-9,11-16,20,27H,10,17-19,21H2/t27?,30-/m0/s1. The molecule has 168 valence electrons. The van der Waals surface area contributed by atoms with E-state index in [0.29, 0.717) is 12.1 Å². The van der Waals surface area contributed by atoms with Crippen molar-refractivity contribution in [3.05, 3.63) is 102 Å². The highest BCUT2D eigenvalue weighted by atomic mass is 16.5. The van der Waals surface area contributed by atoms with Crippen LogP contribution in [0.1, 0.15) is 29.5 Å². The third kappa shape index (κ3) is 3.09. The number of terminal acetylenes is 1. The van der Waals surface area contributed by atoms with E-state index in [9.17, 15) is 4.79 Å². The molecule has 1 amide bonds. The summed E-state index contributed by atoms with van der Waals surface area (Å²) in [6.07, 6.45) is 9.78. The molecule has 0 radical (unpaired) electrons. The van der Waals surface area contributed by atoms with Gasteiger partial charge in [-0.1, -0.05) is 72.7 Å². The Morgan fingerprint density at radius 2 is 1.71 bits per heavy atom. The smallest absolute Gasteiger partial charge is 0.259 e. The van der Waals surface area contributed by atoms with Gasteiger partial charge in [-0.3, -0.25) is 4.79 Å². The summed E-state index contributed by atoms with van der Waals surface area (Å²) in [5.74, 6) is 2.68.